The molecule has 1 aromatic heterocycles. The van der Waals surface area contributed by atoms with Gasteiger partial charge in [0.05, 0.1) is 22.0 Å². The lowest BCUT2D eigenvalue weighted by Gasteiger charge is -2.12. The maximum Gasteiger partial charge on any atom is 0.310 e. The van der Waals surface area contributed by atoms with Crippen LogP contribution in [0.5, 0.6) is 0 Å². The molecule has 0 aliphatic heterocycles. The molecular formula is C20H17Cl2NO2. The van der Waals surface area contributed by atoms with Gasteiger partial charge in [0, 0.05) is 11.1 Å². The van der Waals surface area contributed by atoms with Crippen LogP contribution in [0.1, 0.15) is 22.4 Å². The molecule has 0 aliphatic rings. The molecule has 3 aromatic rings. The summed E-state index contributed by atoms with van der Waals surface area (Å²) in [7, 11) is 0. The number of rotatable bonds is 4. The van der Waals surface area contributed by atoms with E-state index in [9.17, 15) is 4.79 Å². The molecule has 0 N–H and O–H groups in total. The summed E-state index contributed by atoms with van der Waals surface area (Å²) in [5.74, 6) is -0.297. The van der Waals surface area contributed by atoms with Gasteiger partial charge in [0.25, 0.3) is 0 Å². The highest BCUT2D eigenvalue weighted by molar-refractivity contribution is 6.42. The number of fused-ring (bicyclic) bond motifs is 1. The Balaban J connectivity index is 1.74. The number of halogens is 2. The molecule has 0 spiro atoms. The van der Waals surface area contributed by atoms with Crippen LogP contribution in [0, 0.1) is 13.8 Å². The molecule has 0 unspecified atom stereocenters. The van der Waals surface area contributed by atoms with E-state index in [-0.39, 0.29) is 19.0 Å². The average molecular weight is 374 g/mol. The van der Waals surface area contributed by atoms with Crippen molar-refractivity contribution >= 4 is 40.1 Å². The van der Waals surface area contributed by atoms with Crippen LogP contribution in [-0.4, -0.2) is 11.0 Å². The average Bonchev–Trinajstić information content (AvgIpc) is 2.59. The topological polar surface area (TPSA) is 39.2 Å². The van der Waals surface area contributed by atoms with Crippen molar-refractivity contribution < 1.29 is 9.53 Å². The molecule has 3 nitrogen and oxygen atoms in total. The summed E-state index contributed by atoms with van der Waals surface area (Å²) in [6.07, 6.45) is 0.191. The smallest absolute Gasteiger partial charge is 0.310 e. The molecule has 0 amide bonds. The number of pyridine rings is 1. The third-order valence-electron chi connectivity index (χ3n) is 4.19. The van der Waals surface area contributed by atoms with Gasteiger partial charge in [-0.15, -0.1) is 0 Å². The van der Waals surface area contributed by atoms with Crippen LogP contribution in [0.2, 0.25) is 10.0 Å². The van der Waals surface area contributed by atoms with Crippen LogP contribution < -0.4 is 0 Å². The minimum Gasteiger partial charge on any atom is -0.461 e. The number of ether oxygens (including phenoxy) is 1. The number of aryl methyl sites for hydroxylation is 2. The molecule has 5 heteroatoms. The zero-order chi connectivity index (χ0) is 18.0. The highest BCUT2D eigenvalue weighted by Gasteiger charge is 2.14. The molecule has 128 valence electrons. The number of aromatic nitrogens is 1. The van der Waals surface area contributed by atoms with Gasteiger partial charge in [-0.25, -0.2) is 0 Å². The molecule has 0 fully saturated rings. The van der Waals surface area contributed by atoms with E-state index in [1.807, 2.05) is 38.1 Å². The number of carbonyl (C=O) groups excluding carboxylic acids is 1. The van der Waals surface area contributed by atoms with Crippen LogP contribution in [0.4, 0.5) is 0 Å². The van der Waals surface area contributed by atoms with Gasteiger partial charge in [-0.2, -0.15) is 0 Å². The van der Waals surface area contributed by atoms with Gasteiger partial charge in [0.2, 0.25) is 0 Å². The molecule has 0 saturated carbocycles. The lowest BCUT2D eigenvalue weighted by atomic mass is 10.00. The van der Waals surface area contributed by atoms with Crippen molar-refractivity contribution in [2.45, 2.75) is 26.9 Å². The number of hydrogen-bond acceptors (Lipinski definition) is 3. The predicted molar refractivity (Wildman–Crippen MR) is 101 cm³/mol. The van der Waals surface area contributed by atoms with Crippen molar-refractivity contribution in [3.63, 3.8) is 0 Å². The van der Waals surface area contributed by atoms with Gasteiger partial charge in [0.1, 0.15) is 6.61 Å². The first-order valence-corrected chi connectivity index (χ1v) is 8.65. The summed E-state index contributed by atoms with van der Waals surface area (Å²) >= 11 is 11.9. The third kappa shape index (κ3) is 3.94. The fraction of sp³-hybridized carbons (Fsp3) is 0.200. The molecule has 0 aliphatic carbocycles. The van der Waals surface area contributed by atoms with E-state index in [1.165, 1.54) is 0 Å². The van der Waals surface area contributed by atoms with Crippen molar-refractivity contribution in [2.24, 2.45) is 0 Å². The molecule has 25 heavy (non-hydrogen) atoms. The van der Waals surface area contributed by atoms with Gasteiger partial charge in [-0.3, -0.25) is 9.78 Å². The van der Waals surface area contributed by atoms with E-state index in [1.54, 1.807) is 18.2 Å². The number of esters is 1. The summed E-state index contributed by atoms with van der Waals surface area (Å²) < 4.78 is 5.38. The van der Waals surface area contributed by atoms with Crippen LogP contribution in [0.3, 0.4) is 0 Å². The number of benzene rings is 2. The van der Waals surface area contributed by atoms with Gasteiger partial charge in [-0.1, -0.05) is 47.5 Å². The fourth-order valence-electron chi connectivity index (χ4n) is 2.82. The second-order valence-electron chi connectivity index (χ2n) is 5.90. The van der Waals surface area contributed by atoms with E-state index in [0.717, 1.165) is 33.3 Å². The standard InChI is InChI=1S/C20H17Cl2NO2/c1-12-15-5-3-4-6-19(15)23-13(2)16(12)10-20(24)25-11-14-7-8-17(21)18(22)9-14/h3-9H,10-11H2,1-2H3. The number of hydrogen-bond donors (Lipinski definition) is 0. The van der Waals surface area contributed by atoms with Crippen molar-refractivity contribution in [1.82, 2.24) is 4.98 Å². The third-order valence-corrected chi connectivity index (χ3v) is 4.93. The van der Waals surface area contributed by atoms with Crippen molar-refractivity contribution in [3.05, 3.63) is 74.9 Å². The van der Waals surface area contributed by atoms with E-state index in [0.29, 0.717) is 10.0 Å². The quantitative estimate of drug-likeness (QED) is 0.571. The molecule has 1 heterocycles. The summed E-state index contributed by atoms with van der Waals surface area (Å²) in [5.41, 5.74) is 4.56. The molecule has 0 saturated heterocycles. The minimum atomic E-state index is -0.297. The first kappa shape index (κ1) is 17.7. The summed E-state index contributed by atoms with van der Waals surface area (Å²) in [4.78, 5) is 16.9. The van der Waals surface area contributed by atoms with Gasteiger partial charge in [0.15, 0.2) is 0 Å². The van der Waals surface area contributed by atoms with Gasteiger partial charge in [-0.05, 0) is 48.7 Å². The zero-order valence-corrected chi connectivity index (χ0v) is 15.5. The Bertz CT molecular complexity index is 954. The maximum atomic E-state index is 12.3. The molecule has 0 atom stereocenters. The monoisotopic (exact) mass is 373 g/mol. The second kappa shape index (κ2) is 7.42. The number of carbonyl (C=O) groups is 1. The fourth-order valence-corrected chi connectivity index (χ4v) is 3.14. The van der Waals surface area contributed by atoms with Crippen molar-refractivity contribution in [2.75, 3.05) is 0 Å². The normalized spacial score (nSPS) is 10.9. The van der Waals surface area contributed by atoms with E-state index >= 15 is 0 Å². The Kier molecular flexibility index (Phi) is 5.26. The minimum absolute atomic E-state index is 0.162. The largest absolute Gasteiger partial charge is 0.461 e. The molecule has 2 aromatic carbocycles. The van der Waals surface area contributed by atoms with E-state index < -0.39 is 0 Å². The maximum absolute atomic E-state index is 12.3. The summed E-state index contributed by atoms with van der Waals surface area (Å²) in [6.45, 7) is 4.09. The van der Waals surface area contributed by atoms with E-state index in [4.69, 9.17) is 27.9 Å². The first-order valence-electron chi connectivity index (χ1n) is 7.90. The van der Waals surface area contributed by atoms with Crippen LogP contribution >= 0.6 is 23.2 Å². The molecular weight excluding hydrogens is 357 g/mol. The predicted octanol–water partition coefficient (Wildman–Crippen LogP) is 5.44. The van der Waals surface area contributed by atoms with Crippen LogP contribution in [0.15, 0.2) is 42.5 Å². The second-order valence-corrected chi connectivity index (χ2v) is 6.72. The van der Waals surface area contributed by atoms with E-state index in [2.05, 4.69) is 4.98 Å². The Labute approximate surface area is 156 Å². The molecule has 3 rings (SSSR count). The van der Waals surface area contributed by atoms with Crippen molar-refractivity contribution in [1.29, 1.82) is 0 Å². The Morgan fingerprint density at radius 2 is 1.84 bits per heavy atom. The molecule has 0 bridgehead atoms. The summed E-state index contributed by atoms with van der Waals surface area (Å²) in [6, 6.07) is 13.1. The van der Waals surface area contributed by atoms with Gasteiger partial charge < -0.3 is 4.74 Å². The highest BCUT2D eigenvalue weighted by Crippen LogP contribution is 2.24. The Morgan fingerprint density at radius 1 is 1.08 bits per heavy atom. The Hall–Kier alpha value is -2.10. The first-order chi connectivity index (χ1) is 12.0. The van der Waals surface area contributed by atoms with Gasteiger partial charge >= 0.3 is 5.97 Å². The Morgan fingerprint density at radius 3 is 2.60 bits per heavy atom. The zero-order valence-electron chi connectivity index (χ0n) is 14.0. The van der Waals surface area contributed by atoms with Crippen LogP contribution in [-0.2, 0) is 22.6 Å². The number of para-hydroxylation sites is 1. The number of nitrogens with zero attached hydrogens (tertiary/aromatic N) is 1. The highest BCUT2D eigenvalue weighted by atomic mass is 35.5. The summed E-state index contributed by atoms with van der Waals surface area (Å²) in [5, 5.41) is 1.98. The lowest BCUT2D eigenvalue weighted by molar-refractivity contribution is -0.144. The molecule has 0 radical (unpaired) electrons. The van der Waals surface area contributed by atoms with Crippen molar-refractivity contribution in [3.8, 4) is 0 Å². The van der Waals surface area contributed by atoms with Crippen LogP contribution in [0.25, 0.3) is 10.9 Å². The lowest BCUT2D eigenvalue weighted by Crippen LogP contribution is -2.11. The SMILES string of the molecule is Cc1nc2ccccc2c(C)c1CC(=O)OCc1ccc(Cl)c(Cl)c1.